The van der Waals surface area contributed by atoms with Gasteiger partial charge in [-0.3, -0.25) is 0 Å². The van der Waals surface area contributed by atoms with E-state index in [4.69, 9.17) is 4.74 Å². The van der Waals surface area contributed by atoms with Gasteiger partial charge in [0.05, 0.1) is 24.5 Å². The highest BCUT2D eigenvalue weighted by Crippen LogP contribution is 2.31. The molecule has 0 aromatic carbocycles. The first-order valence-corrected chi connectivity index (χ1v) is 9.17. The lowest BCUT2D eigenvalue weighted by atomic mass is 9.96. The first-order chi connectivity index (χ1) is 11.8. The molecule has 0 amide bonds. The fourth-order valence-electron chi connectivity index (χ4n) is 3.01. The van der Waals surface area contributed by atoms with Gasteiger partial charge in [-0.25, -0.2) is 9.67 Å². The van der Waals surface area contributed by atoms with Crippen LogP contribution >= 0.6 is 11.3 Å². The van der Waals surface area contributed by atoms with Crippen LogP contribution in [0.2, 0.25) is 0 Å². The Bertz CT molecular complexity index is 732. The highest BCUT2D eigenvalue weighted by Gasteiger charge is 2.41. The van der Waals surface area contributed by atoms with Gasteiger partial charge in [-0.2, -0.15) is 0 Å². The van der Waals surface area contributed by atoms with E-state index in [0.717, 1.165) is 10.7 Å². The molecular formula is C16H24N4O4S. The quantitative estimate of drug-likeness (QED) is 0.728. The van der Waals surface area contributed by atoms with Gasteiger partial charge >= 0.3 is 0 Å². The third kappa shape index (κ3) is 3.61. The molecule has 25 heavy (non-hydrogen) atoms. The van der Waals surface area contributed by atoms with Gasteiger partial charge in [-0.05, 0) is 19.8 Å². The Balaban J connectivity index is 1.75. The maximum Gasteiger partial charge on any atom is 0.145 e. The molecule has 3 N–H and O–H groups in total. The molecule has 8 nitrogen and oxygen atoms in total. The summed E-state index contributed by atoms with van der Waals surface area (Å²) in [4.78, 5) is 5.78. The summed E-state index contributed by atoms with van der Waals surface area (Å²) in [6.45, 7) is 8.13. The van der Waals surface area contributed by atoms with Crippen molar-refractivity contribution in [3.63, 3.8) is 0 Å². The van der Waals surface area contributed by atoms with E-state index in [9.17, 15) is 15.3 Å². The first kappa shape index (κ1) is 18.4. The smallest absolute Gasteiger partial charge is 0.145 e. The number of rotatable bonds is 4. The number of ether oxygens (including phenoxy) is 1. The van der Waals surface area contributed by atoms with Crippen LogP contribution in [0.1, 0.15) is 37.3 Å². The Morgan fingerprint density at radius 1 is 1.24 bits per heavy atom. The van der Waals surface area contributed by atoms with E-state index in [2.05, 4.69) is 29.1 Å². The summed E-state index contributed by atoms with van der Waals surface area (Å²) in [5, 5.41) is 38.8. The molecule has 138 valence electrons. The average Bonchev–Trinajstić information content (AvgIpc) is 3.17. The van der Waals surface area contributed by atoms with E-state index in [0.29, 0.717) is 11.6 Å². The second-order valence-corrected chi connectivity index (χ2v) is 7.83. The summed E-state index contributed by atoms with van der Waals surface area (Å²) in [7, 11) is 0. The number of thiazole rings is 1. The molecule has 0 aliphatic carbocycles. The second-order valence-electron chi connectivity index (χ2n) is 6.80. The lowest BCUT2D eigenvalue weighted by Crippen LogP contribution is -2.57. The fourth-order valence-corrected chi connectivity index (χ4v) is 4.03. The number of hydrogen-bond donors (Lipinski definition) is 3. The molecule has 0 bridgehead atoms. The van der Waals surface area contributed by atoms with E-state index < -0.39 is 30.5 Å². The van der Waals surface area contributed by atoms with E-state index in [1.807, 2.05) is 6.92 Å². The molecule has 9 heteroatoms. The van der Waals surface area contributed by atoms with Crippen LogP contribution in [0.4, 0.5) is 0 Å². The van der Waals surface area contributed by atoms with Gasteiger partial charge in [-0.15, -0.1) is 16.4 Å². The van der Waals surface area contributed by atoms with Crippen molar-refractivity contribution in [3.05, 3.63) is 16.8 Å². The topological polar surface area (TPSA) is 114 Å². The van der Waals surface area contributed by atoms with Crippen LogP contribution in [0.15, 0.2) is 6.20 Å². The summed E-state index contributed by atoms with van der Waals surface area (Å²) in [5.41, 5.74) is 1.67. The van der Waals surface area contributed by atoms with E-state index in [1.165, 1.54) is 4.88 Å². The van der Waals surface area contributed by atoms with Crippen molar-refractivity contribution >= 4 is 11.3 Å². The minimum Gasteiger partial charge on any atom is -0.388 e. The predicted molar refractivity (Wildman–Crippen MR) is 92.3 cm³/mol. The standard InChI is InChI=1S/C16H24N4O4S/c1-7(2)15-8(3)17-16(25-15)10-5-20(19-18-10)6-11-13(22)14(23)12(21)9(4)24-11/h5,7,9,11-14,21-23H,6H2,1-4H3. The van der Waals surface area contributed by atoms with Crippen LogP contribution in [-0.2, 0) is 11.3 Å². The average molecular weight is 368 g/mol. The van der Waals surface area contributed by atoms with Crippen LogP contribution in [0.3, 0.4) is 0 Å². The Hall–Kier alpha value is -1.39. The molecular weight excluding hydrogens is 344 g/mol. The van der Waals surface area contributed by atoms with Crippen molar-refractivity contribution in [1.29, 1.82) is 0 Å². The normalized spacial score (nSPS) is 30.2. The van der Waals surface area contributed by atoms with Crippen molar-refractivity contribution in [2.75, 3.05) is 0 Å². The van der Waals surface area contributed by atoms with Gasteiger partial charge in [0, 0.05) is 4.88 Å². The molecule has 3 rings (SSSR count). The number of aryl methyl sites for hydroxylation is 1. The van der Waals surface area contributed by atoms with E-state index >= 15 is 0 Å². The van der Waals surface area contributed by atoms with E-state index in [-0.39, 0.29) is 6.54 Å². The van der Waals surface area contributed by atoms with Gasteiger partial charge in [0.1, 0.15) is 35.1 Å². The molecule has 2 aromatic heterocycles. The van der Waals surface area contributed by atoms with Gasteiger partial charge in [-0.1, -0.05) is 19.1 Å². The molecule has 1 fully saturated rings. The summed E-state index contributed by atoms with van der Waals surface area (Å²) in [6.07, 6.45) is -3.03. The van der Waals surface area contributed by atoms with Crippen LogP contribution in [0, 0.1) is 6.92 Å². The first-order valence-electron chi connectivity index (χ1n) is 8.35. The number of aliphatic hydroxyl groups excluding tert-OH is 3. The number of aliphatic hydroxyl groups is 3. The monoisotopic (exact) mass is 368 g/mol. The molecule has 3 heterocycles. The highest BCUT2D eigenvalue weighted by molar-refractivity contribution is 7.15. The zero-order valence-electron chi connectivity index (χ0n) is 14.7. The Kier molecular flexibility index (Phi) is 5.21. The molecule has 2 aromatic rings. The lowest BCUT2D eigenvalue weighted by Gasteiger charge is -2.39. The predicted octanol–water partition coefficient (Wildman–Crippen LogP) is 0.703. The summed E-state index contributed by atoms with van der Waals surface area (Å²) >= 11 is 1.60. The molecule has 1 aliphatic heterocycles. The van der Waals surface area contributed by atoms with Gasteiger partial charge < -0.3 is 20.1 Å². The zero-order chi connectivity index (χ0) is 18.3. The van der Waals surface area contributed by atoms with Crippen LogP contribution in [-0.4, -0.2) is 65.8 Å². The van der Waals surface area contributed by atoms with Crippen molar-refractivity contribution in [2.45, 2.75) is 70.7 Å². The Morgan fingerprint density at radius 2 is 1.96 bits per heavy atom. The van der Waals surface area contributed by atoms with Gasteiger partial charge in [0.15, 0.2) is 0 Å². The highest BCUT2D eigenvalue weighted by atomic mass is 32.1. The Labute approximate surface area is 150 Å². The minimum atomic E-state index is -1.24. The Morgan fingerprint density at radius 3 is 2.60 bits per heavy atom. The largest absolute Gasteiger partial charge is 0.388 e. The molecule has 1 saturated heterocycles. The molecule has 0 radical (unpaired) electrons. The zero-order valence-corrected chi connectivity index (χ0v) is 15.5. The fraction of sp³-hybridized carbons (Fsp3) is 0.688. The maximum absolute atomic E-state index is 10.1. The third-order valence-electron chi connectivity index (χ3n) is 4.43. The number of hydrogen-bond acceptors (Lipinski definition) is 8. The molecule has 0 saturated carbocycles. The third-order valence-corrected chi connectivity index (χ3v) is 5.91. The SMILES string of the molecule is Cc1nc(-c2cn(CC3OC(C)C(O)C(O)C3O)nn2)sc1C(C)C. The van der Waals surface area contributed by atoms with Crippen LogP contribution in [0.25, 0.3) is 10.7 Å². The molecule has 5 unspecified atom stereocenters. The van der Waals surface area contributed by atoms with Crippen molar-refractivity contribution in [2.24, 2.45) is 0 Å². The summed E-state index contributed by atoms with van der Waals surface area (Å²) in [6, 6.07) is 0. The van der Waals surface area contributed by atoms with Crippen molar-refractivity contribution in [1.82, 2.24) is 20.0 Å². The summed E-state index contributed by atoms with van der Waals surface area (Å²) in [5.74, 6) is 0.404. The molecule has 5 atom stereocenters. The second kappa shape index (κ2) is 7.08. The minimum absolute atomic E-state index is 0.226. The van der Waals surface area contributed by atoms with E-state index in [1.54, 1.807) is 29.1 Å². The molecule has 0 spiro atoms. The summed E-state index contributed by atoms with van der Waals surface area (Å²) < 4.78 is 7.15. The molecule has 1 aliphatic rings. The maximum atomic E-state index is 10.1. The number of nitrogens with zero attached hydrogens (tertiary/aromatic N) is 4. The van der Waals surface area contributed by atoms with Crippen LogP contribution < -0.4 is 0 Å². The van der Waals surface area contributed by atoms with Gasteiger partial charge in [0.2, 0.25) is 0 Å². The van der Waals surface area contributed by atoms with Crippen LogP contribution in [0.5, 0.6) is 0 Å². The van der Waals surface area contributed by atoms with Gasteiger partial charge in [0.25, 0.3) is 0 Å². The number of aromatic nitrogens is 4. The van der Waals surface area contributed by atoms with Crippen molar-refractivity contribution in [3.8, 4) is 10.7 Å². The van der Waals surface area contributed by atoms with Crippen molar-refractivity contribution < 1.29 is 20.1 Å². The lowest BCUT2D eigenvalue weighted by molar-refractivity contribution is -0.220.